The first kappa shape index (κ1) is 15.1. The fourth-order valence-corrected chi connectivity index (χ4v) is 2.83. The molecule has 0 unspecified atom stereocenters. The molecule has 0 amide bonds. The highest BCUT2D eigenvalue weighted by Gasteiger charge is 2.29. The maximum absolute atomic E-state index is 12.7. The molecule has 1 aromatic heterocycles. The number of carbonyl (C=O) groups is 2. The lowest BCUT2D eigenvalue weighted by atomic mass is 9.87. The third kappa shape index (κ3) is 2.56. The zero-order chi connectivity index (χ0) is 16.6. The number of fused-ring (bicyclic) bond motifs is 1. The molecule has 0 saturated carbocycles. The van der Waals surface area contributed by atoms with Gasteiger partial charge in [0.15, 0.2) is 0 Å². The van der Waals surface area contributed by atoms with Gasteiger partial charge in [0.2, 0.25) is 0 Å². The smallest absolute Gasteiger partial charge is 0.337 e. The van der Waals surface area contributed by atoms with Crippen molar-refractivity contribution in [1.82, 2.24) is 14.8 Å². The molecular formula is C17H17N3O3. The number of hydrogen-bond donors (Lipinski definition) is 0. The summed E-state index contributed by atoms with van der Waals surface area (Å²) in [5, 5.41) is 4.01. The minimum absolute atomic E-state index is 0.0649. The van der Waals surface area contributed by atoms with Crippen LogP contribution in [0.4, 0.5) is 0 Å². The number of esters is 1. The van der Waals surface area contributed by atoms with Crippen molar-refractivity contribution >= 4 is 17.4 Å². The van der Waals surface area contributed by atoms with E-state index in [2.05, 4.69) is 10.1 Å². The zero-order valence-electron chi connectivity index (χ0n) is 13.2. The summed E-state index contributed by atoms with van der Waals surface area (Å²) in [7, 11) is 1.35. The lowest BCUT2D eigenvalue weighted by Crippen LogP contribution is -2.27. The normalized spacial score (nSPS) is 14.2. The highest BCUT2D eigenvalue weighted by Crippen LogP contribution is 2.31. The van der Waals surface area contributed by atoms with E-state index in [1.807, 2.05) is 26.0 Å². The highest BCUT2D eigenvalue weighted by molar-refractivity contribution is 6.05. The van der Waals surface area contributed by atoms with Gasteiger partial charge in [-0.15, -0.1) is 0 Å². The van der Waals surface area contributed by atoms with E-state index in [1.165, 1.54) is 18.1 Å². The quantitative estimate of drug-likeness (QED) is 0.814. The van der Waals surface area contributed by atoms with E-state index in [9.17, 15) is 9.59 Å². The van der Waals surface area contributed by atoms with Gasteiger partial charge in [-0.2, -0.15) is 9.78 Å². The van der Waals surface area contributed by atoms with E-state index >= 15 is 0 Å². The van der Waals surface area contributed by atoms with Crippen molar-refractivity contribution in [1.29, 1.82) is 0 Å². The minimum Gasteiger partial charge on any atom is -0.465 e. The second kappa shape index (κ2) is 5.79. The van der Waals surface area contributed by atoms with Gasteiger partial charge in [0.25, 0.3) is 5.91 Å². The first-order valence-electron chi connectivity index (χ1n) is 7.38. The summed E-state index contributed by atoms with van der Waals surface area (Å²) >= 11 is 0. The first-order chi connectivity index (χ1) is 11.0. The van der Waals surface area contributed by atoms with E-state index < -0.39 is 0 Å². The van der Waals surface area contributed by atoms with E-state index in [-0.39, 0.29) is 17.8 Å². The van der Waals surface area contributed by atoms with Gasteiger partial charge in [-0.05, 0) is 29.2 Å². The summed E-state index contributed by atoms with van der Waals surface area (Å²) < 4.78 is 6.07. The zero-order valence-corrected chi connectivity index (χ0v) is 13.2. The van der Waals surface area contributed by atoms with E-state index in [0.717, 1.165) is 16.7 Å². The van der Waals surface area contributed by atoms with Crippen molar-refractivity contribution in [2.75, 3.05) is 7.11 Å². The number of methoxy groups -OCH3 is 1. The molecule has 1 aliphatic heterocycles. The number of ether oxygens (including phenoxy) is 1. The van der Waals surface area contributed by atoms with Crippen LogP contribution < -0.4 is 0 Å². The molecule has 0 aliphatic carbocycles. The molecule has 1 aromatic carbocycles. The second-order valence-corrected chi connectivity index (χ2v) is 5.69. The molecule has 0 saturated heterocycles. The Morgan fingerprint density at radius 2 is 1.96 bits per heavy atom. The third-order valence-electron chi connectivity index (χ3n) is 3.93. The fourth-order valence-electron chi connectivity index (χ4n) is 2.83. The van der Waals surface area contributed by atoms with Crippen LogP contribution in [0.2, 0.25) is 0 Å². The van der Waals surface area contributed by atoms with Gasteiger partial charge >= 0.3 is 5.97 Å². The predicted octanol–water partition coefficient (Wildman–Crippen LogP) is 2.37. The van der Waals surface area contributed by atoms with Crippen LogP contribution >= 0.6 is 0 Å². The first-order valence-corrected chi connectivity index (χ1v) is 7.38. The molecule has 2 aromatic rings. The number of hydrogen-bond acceptors (Lipinski definition) is 5. The largest absolute Gasteiger partial charge is 0.465 e. The van der Waals surface area contributed by atoms with Crippen LogP contribution in [0.1, 0.15) is 40.4 Å². The molecule has 0 bridgehead atoms. The molecule has 2 heterocycles. The summed E-state index contributed by atoms with van der Waals surface area (Å²) in [4.78, 5) is 28.4. The standard InChI is InChI=1S/C17H17N3O3/c1-10(2)15-13(8-14-18-9-19-20(14)16(15)21)11-4-6-12(7-5-11)17(22)23-3/h4-7,9-10H,8H2,1-3H3. The Kier molecular flexibility index (Phi) is 3.82. The van der Waals surface area contributed by atoms with E-state index in [0.29, 0.717) is 17.8 Å². The average molecular weight is 311 g/mol. The molecule has 23 heavy (non-hydrogen) atoms. The fraction of sp³-hybridized carbons (Fsp3) is 0.294. The van der Waals surface area contributed by atoms with Crippen molar-refractivity contribution in [3.8, 4) is 0 Å². The van der Waals surface area contributed by atoms with Crippen LogP contribution in [0.3, 0.4) is 0 Å². The van der Waals surface area contributed by atoms with Gasteiger partial charge in [-0.1, -0.05) is 26.0 Å². The molecular weight excluding hydrogens is 294 g/mol. The highest BCUT2D eigenvalue weighted by atomic mass is 16.5. The Morgan fingerprint density at radius 1 is 1.26 bits per heavy atom. The maximum Gasteiger partial charge on any atom is 0.337 e. The van der Waals surface area contributed by atoms with Gasteiger partial charge in [0, 0.05) is 12.0 Å². The van der Waals surface area contributed by atoms with Gasteiger partial charge < -0.3 is 4.74 Å². The molecule has 118 valence electrons. The molecule has 0 atom stereocenters. The molecule has 6 heteroatoms. The number of allylic oxidation sites excluding steroid dienone is 2. The van der Waals surface area contributed by atoms with Gasteiger partial charge in [-0.3, -0.25) is 4.79 Å². The summed E-state index contributed by atoms with van der Waals surface area (Å²) in [6.45, 7) is 3.97. The Hall–Kier alpha value is -2.76. The Balaban J connectivity index is 2.06. The maximum atomic E-state index is 12.7. The lowest BCUT2D eigenvalue weighted by molar-refractivity contribution is 0.0600. The number of aromatic nitrogens is 3. The van der Waals surface area contributed by atoms with Gasteiger partial charge in [-0.25, -0.2) is 9.78 Å². The molecule has 0 fully saturated rings. The van der Waals surface area contributed by atoms with Crippen LogP contribution in [0.5, 0.6) is 0 Å². The third-order valence-corrected chi connectivity index (χ3v) is 3.93. The predicted molar refractivity (Wildman–Crippen MR) is 83.9 cm³/mol. The Morgan fingerprint density at radius 3 is 2.57 bits per heavy atom. The van der Waals surface area contributed by atoms with Crippen LogP contribution in [0.15, 0.2) is 36.2 Å². The van der Waals surface area contributed by atoms with Crippen LogP contribution in [0.25, 0.3) is 5.57 Å². The monoisotopic (exact) mass is 311 g/mol. The summed E-state index contributed by atoms with van der Waals surface area (Å²) in [6, 6.07) is 7.08. The van der Waals surface area contributed by atoms with E-state index in [1.54, 1.807) is 12.1 Å². The van der Waals surface area contributed by atoms with Crippen molar-refractivity contribution in [2.45, 2.75) is 20.3 Å². The molecule has 0 radical (unpaired) electrons. The molecule has 3 rings (SSSR count). The summed E-state index contributed by atoms with van der Waals surface area (Å²) in [5.74, 6) is 0.182. The number of nitrogens with zero attached hydrogens (tertiary/aromatic N) is 3. The second-order valence-electron chi connectivity index (χ2n) is 5.69. The van der Waals surface area contributed by atoms with Crippen LogP contribution in [-0.2, 0) is 11.2 Å². The molecule has 0 N–H and O–H groups in total. The average Bonchev–Trinajstić information content (AvgIpc) is 3.02. The molecule has 0 spiro atoms. The molecule has 6 nitrogen and oxygen atoms in total. The van der Waals surface area contributed by atoms with Crippen molar-refractivity contribution in [3.05, 3.63) is 53.1 Å². The lowest BCUT2D eigenvalue weighted by Gasteiger charge is -2.22. The van der Waals surface area contributed by atoms with Crippen molar-refractivity contribution in [2.24, 2.45) is 5.92 Å². The van der Waals surface area contributed by atoms with E-state index in [4.69, 9.17) is 4.74 Å². The van der Waals surface area contributed by atoms with Crippen molar-refractivity contribution < 1.29 is 14.3 Å². The van der Waals surface area contributed by atoms with Crippen LogP contribution in [-0.4, -0.2) is 33.8 Å². The topological polar surface area (TPSA) is 74.1 Å². The number of rotatable bonds is 3. The molecule has 1 aliphatic rings. The number of benzene rings is 1. The Labute approximate surface area is 133 Å². The minimum atomic E-state index is -0.380. The van der Waals surface area contributed by atoms with Gasteiger partial charge in [0.05, 0.1) is 12.7 Å². The van der Waals surface area contributed by atoms with Crippen molar-refractivity contribution in [3.63, 3.8) is 0 Å². The van der Waals surface area contributed by atoms with Gasteiger partial charge in [0.1, 0.15) is 12.2 Å². The van der Waals surface area contributed by atoms with Crippen LogP contribution in [0, 0.1) is 5.92 Å². The summed E-state index contributed by atoms with van der Waals surface area (Å²) in [5.41, 5.74) is 3.05. The SMILES string of the molecule is COC(=O)c1ccc(C2=C(C(C)C)C(=O)n3ncnc3C2)cc1. The summed E-state index contributed by atoms with van der Waals surface area (Å²) in [6.07, 6.45) is 1.94. The number of carbonyl (C=O) groups excluding carboxylic acids is 2. The Bertz CT molecular complexity index is 801.